The number of hydrogen-bond acceptors (Lipinski definition) is 5. The number of allylic oxidation sites excluding steroid dienone is 1. The average molecular weight is 508 g/mol. The predicted octanol–water partition coefficient (Wildman–Crippen LogP) is 5.13. The van der Waals surface area contributed by atoms with Gasteiger partial charge < -0.3 is 15.2 Å². The quantitative estimate of drug-likeness (QED) is 0.309. The van der Waals surface area contributed by atoms with Crippen molar-refractivity contribution in [3.05, 3.63) is 82.4 Å². The molecule has 0 aliphatic rings. The van der Waals surface area contributed by atoms with Crippen molar-refractivity contribution in [1.29, 1.82) is 0 Å². The molecule has 0 radical (unpaired) electrons. The molecule has 33 heavy (non-hydrogen) atoms. The van der Waals surface area contributed by atoms with E-state index in [1.54, 1.807) is 41.8 Å². The molecule has 2 aromatic carbocycles. The fourth-order valence-corrected chi connectivity index (χ4v) is 3.94. The Morgan fingerprint density at radius 1 is 1.21 bits per heavy atom. The number of anilines is 1. The lowest BCUT2D eigenvalue weighted by Crippen LogP contribution is -2.28. The van der Waals surface area contributed by atoms with Crippen molar-refractivity contribution in [2.24, 2.45) is 0 Å². The van der Waals surface area contributed by atoms with Gasteiger partial charge in [0, 0.05) is 22.8 Å². The summed E-state index contributed by atoms with van der Waals surface area (Å²) in [6, 6.07) is 10.0. The summed E-state index contributed by atoms with van der Waals surface area (Å²) in [5.41, 5.74) is 0.854. The molecule has 0 aliphatic carbocycles. The lowest BCUT2D eigenvalue weighted by atomic mass is 10.2. The molecule has 3 aromatic rings. The number of carbonyl (C=O) groups is 2. The summed E-state index contributed by atoms with van der Waals surface area (Å²) in [7, 11) is 0. The van der Waals surface area contributed by atoms with E-state index in [0.29, 0.717) is 33.8 Å². The number of halogens is 3. The van der Waals surface area contributed by atoms with E-state index in [2.05, 4.69) is 27.4 Å². The van der Waals surface area contributed by atoms with Gasteiger partial charge in [-0.1, -0.05) is 41.0 Å². The van der Waals surface area contributed by atoms with Gasteiger partial charge in [-0.2, -0.15) is 0 Å². The maximum atomic E-state index is 13.3. The third-order valence-electron chi connectivity index (χ3n) is 4.43. The number of thioether (sulfide) groups is 1. The average Bonchev–Trinajstić information content (AvgIpc) is 3.18. The molecule has 0 unspecified atom stereocenters. The Hall–Kier alpha value is -2.88. The number of rotatable bonds is 9. The van der Waals surface area contributed by atoms with Crippen LogP contribution in [0.2, 0.25) is 10.0 Å². The maximum Gasteiger partial charge on any atom is 0.251 e. The molecule has 1 heterocycles. The monoisotopic (exact) mass is 507 g/mol. The molecule has 1 atom stereocenters. The van der Waals surface area contributed by atoms with Gasteiger partial charge >= 0.3 is 0 Å². The van der Waals surface area contributed by atoms with E-state index in [1.807, 2.05) is 0 Å². The molecular weight excluding hydrogens is 488 g/mol. The van der Waals surface area contributed by atoms with Crippen LogP contribution in [0.15, 0.2) is 60.3 Å². The van der Waals surface area contributed by atoms with Crippen molar-refractivity contribution in [1.82, 2.24) is 20.1 Å². The minimum atomic E-state index is -0.564. The Morgan fingerprint density at radius 2 is 1.94 bits per heavy atom. The van der Waals surface area contributed by atoms with Crippen LogP contribution in [0.1, 0.15) is 29.1 Å². The zero-order chi connectivity index (χ0) is 24.0. The number of aromatic nitrogens is 3. The standard InChI is InChI=1S/C22H20Cl2FN5O2S/c1-3-10-30-20(13(2)26-21(32)14-4-6-15(23)7-5-14)28-29-22(30)33-12-19(31)27-16-8-9-18(25)17(24)11-16/h3-9,11,13H,1,10,12H2,2H3,(H,26,32)(H,27,31)/t13-/m0/s1. The van der Waals surface area contributed by atoms with Crippen molar-refractivity contribution in [2.75, 3.05) is 11.1 Å². The summed E-state index contributed by atoms with van der Waals surface area (Å²) < 4.78 is 15.0. The van der Waals surface area contributed by atoms with Gasteiger partial charge in [0.15, 0.2) is 11.0 Å². The topological polar surface area (TPSA) is 88.9 Å². The van der Waals surface area contributed by atoms with Gasteiger partial charge in [-0.25, -0.2) is 4.39 Å². The number of benzene rings is 2. The van der Waals surface area contributed by atoms with Crippen LogP contribution in [0.4, 0.5) is 10.1 Å². The minimum absolute atomic E-state index is 0.0375. The van der Waals surface area contributed by atoms with Crippen molar-refractivity contribution in [2.45, 2.75) is 24.7 Å². The third-order valence-corrected chi connectivity index (χ3v) is 5.94. The smallest absolute Gasteiger partial charge is 0.251 e. The molecule has 0 bridgehead atoms. The third kappa shape index (κ3) is 6.56. The van der Waals surface area contributed by atoms with Gasteiger partial charge in [-0.3, -0.25) is 9.59 Å². The van der Waals surface area contributed by atoms with Crippen LogP contribution < -0.4 is 10.6 Å². The molecule has 2 N–H and O–H groups in total. The molecule has 172 valence electrons. The van der Waals surface area contributed by atoms with E-state index >= 15 is 0 Å². The van der Waals surface area contributed by atoms with Crippen LogP contribution in [-0.4, -0.2) is 32.3 Å². The van der Waals surface area contributed by atoms with Gasteiger partial charge in [-0.05, 0) is 49.4 Å². The number of nitrogens with one attached hydrogen (secondary N) is 2. The van der Waals surface area contributed by atoms with E-state index < -0.39 is 11.9 Å². The molecule has 3 rings (SSSR count). The van der Waals surface area contributed by atoms with Crippen LogP contribution in [0.25, 0.3) is 0 Å². The first kappa shape index (κ1) is 24.8. The predicted molar refractivity (Wildman–Crippen MR) is 128 cm³/mol. The summed E-state index contributed by atoms with van der Waals surface area (Å²) in [5, 5.41) is 14.8. The highest BCUT2D eigenvalue weighted by Gasteiger charge is 2.20. The summed E-state index contributed by atoms with van der Waals surface area (Å²) in [4.78, 5) is 24.8. The molecular formula is C22H20Cl2FN5O2S. The Balaban J connectivity index is 1.65. The number of amides is 2. The molecule has 2 amide bonds. The second kappa shape index (κ2) is 11.3. The van der Waals surface area contributed by atoms with E-state index in [0.717, 1.165) is 0 Å². The van der Waals surface area contributed by atoms with E-state index in [1.165, 1.54) is 30.0 Å². The van der Waals surface area contributed by atoms with Gasteiger partial charge in [0.05, 0.1) is 16.8 Å². The van der Waals surface area contributed by atoms with Crippen LogP contribution >= 0.6 is 35.0 Å². The largest absolute Gasteiger partial charge is 0.342 e. The Labute approximate surface area is 204 Å². The normalized spacial score (nSPS) is 11.6. The van der Waals surface area contributed by atoms with E-state index in [-0.39, 0.29) is 22.6 Å². The summed E-state index contributed by atoms with van der Waals surface area (Å²) in [5.74, 6) is -0.604. The lowest BCUT2D eigenvalue weighted by Gasteiger charge is -2.15. The van der Waals surface area contributed by atoms with Crippen LogP contribution in [-0.2, 0) is 11.3 Å². The molecule has 0 aliphatic heterocycles. The van der Waals surface area contributed by atoms with Gasteiger partial charge in [-0.15, -0.1) is 16.8 Å². The van der Waals surface area contributed by atoms with E-state index in [9.17, 15) is 14.0 Å². The zero-order valence-corrected chi connectivity index (χ0v) is 19.8. The minimum Gasteiger partial charge on any atom is -0.342 e. The molecule has 1 aromatic heterocycles. The van der Waals surface area contributed by atoms with Gasteiger partial charge in [0.2, 0.25) is 5.91 Å². The van der Waals surface area contributed by atoms with Crippen LogP contribution in [0, 0.1) is 5.82 Å². The number of nitrogens with zero attached hydrogens (tertiary/aromatic N) is 3. The molecule has 0 fully saturated rings. The highest BCUT2D eigenvalue weighted by Crippen LogP contribution is 2.23. The van der Waals surface area contributed by atoms with Crippen molar-refractivity contribution in [3.8, 4) is 0 Å². The fraction of sp³-hybridized carbons (Fsp3) is 0.182. The first-order chi connectivity index (χ1) is 15.8. The van der Waals surface area contributed by atoms with Gasteiger partial charge in [0.1, 0.15) is 5.82 Å². The summed E-state index contributed by atoms with van der Waals surface area (Å²) in [6.07, 6.45) is 1.67. The zero-order valence-electron chi connectivity index (χ0n) is 17.5. The Kier molecular flexibility index (Phi) is 8.49. The molecule has 0 saturated heterocycles. The fourth-order valence-electron chi connectivity index (χ4n) is 2.87. The molecule has 0 saturated carbocycles. The van der Waals surface area contributed by atoms with Crippen LogP contribution in [0.5, 0.6) is 0 Å². The van der Waals surface area contributed by atoms with Crippen LogP contribution in [0.3, 0.4) is 0 Å². The second-order valence-electron chi connectivity index (χ2n) is 6.91. The van der Waals surface area contributed by atoms with Crippen molar-refractivity contribution in [3.63, 3.8) is 0 Å². The highest BCUT2D eigenvalue weighted by molar-refractivity contribution is 7.99. The Bertz CT molecular complexity index is 1170. The molecule has 11 heteroatoms. The Morgan fingerprint density at radius 3 is 2.61 bits per heavy atom. The SMILES string of the molecule is C=CCn1c(SCC(=O)Nc2ccc(F)c(Cl)c2)nnc1[C@H](C)NC(=O)c1ccc(Cl)cc1. The molecule has 0 spiro atoms. The maximum absolute atomic E-state index is 13.3. The number of carbonyl (C=O) groups excluding carboxylic acids is 2. The number of hydrogen-bond donors (Lipinski definition) is 2. The highest BCUT2D eigenvalue weighted by atomic mass is 35.5. The van der Waals surface area contributed by atoms with Crippen molar-refractivity contribution < 1.29 is 14.0 Å². The first-order valence-corrected chi connectivity index (χ1v) is 11.5. The lowest BCUT2D eigenvalue weighted by molar-refractivity contribution is -0.113. The summed E-state index contributed by atoms with van der Waals surface area (Å²) in [6.45, 7) is 5.93. The van der Waals surface area contributed by atoms with E-state index in [4.69, 9.17) is 23.2 Å². The first-order valence-electron chi connectivity index (χ1n) is 9.76. The van der Waals surface area contributed by atoms with Crippen molar-refractivity contribution >= 4 is 52.5 Å². The second-order valence-corrected chi connectivity index (χ2v) is 8.69. The van der Waals surface area contributed by atoms with Gasteiger partial charge in [0.25, 0.3) is 5.91 Å². The summed E-state index contributed by atoms with van der Waals surface area (Å²) >= 11 is 12.8. The molecule has 7 nitrogen and oxygen atoms in total.